The average Bonchev–Trinajstić information content (AvgIpc) is 2.56. The lowest BCUT2D eigenvalue weighted by Crippen LogP contribution is -2.48. The molecule has 0 amide bonds. The SMILES string of the molecule is COc1cc(F)c2ncc(Cl)c(CCN3CC[C@H](N)[C@H](F)C3)c2c1. The highest BCUT2D eigenvalue weighted by molar-refractivity contribution is 6.32. The van der Waals surface area contributed by atoms with E-state index in [4.69, 9.17) is 22.1 Å². The molecular weight excluding hydrogens is 336 g/mol. The maximum Gasteiger partial charge on any atom is 0.153 e. The van der Waals surface area contributed by atoms with Gasteiger partial charge in [-0.2, -0.15) is 0 Å². The van der Waals surface area contributed by atoms with E-state index in [9.17, 15) is 8.78 Å². The number of methoxy groups -OCH3 is 1. The Labute approximate surface area is 144 Å². The Kier molecular flexibility index (Phi) is 5.18. The topological polar surface area (TPSA) is 51.4 Å². The number of rotatable bonds is 4. The summed E-state index contributed by atoms with van der Waals surface area (Å²) in [5, 5.41) is 1.10. The molecule has 2 N–H and O–H groups in total. The number of fused-ring (bicyclic) bond motifs is 1. The van der Waals surface area contributed by atoms with Crippen molar-refractivity contribution in [3.05, 3.63) is 34.7 Å². The number of pyridine rings is 1. The van der Waals surface area contributed by atoms with E-state index in [1.807, 2.05) is 4.90 Å². The molecule has 1 aromatic carbocycles. The van der Waals surface area contributed by atoms with Gasteiger partial charge in [-0.25, -0.2) is 8.78 Å². The minimum absolute atomic E-state index is 0.263. The highest BCUT2D eigenvalue weighted by Crippen LogP contribution is 2.30. The Hall–Kier alpha value is -1.50. The number of aromatic nitrogens is 1. The molecule has 1 saturated heterocycles. The zero-order valence-corrected chi connectivity index (χ0v) is 14.2. The first-order valence-corrected chi connectivity index (χ1v) is 8.30. The van der Waals surface area contributed by atoms with Crippen LogP contribution in [0.25, 0.3) is 10.9 Å². The first kappa shape index (κ1) is 17.3. The third kappa shape index (κ3) is 3.45. The predicted molar refractivity (Wildman–Crippen MR) is 90.9 cm³/mol. The molecule has 3 rings (SSSR count). The average molecular weight is 356 g/mol. The number of halogens is 3. The fourth-order valence-electron chi connectivity index (χ4n) is 3.09. The lowest BCUT2D eigenvalue weighted by atomic mass is 10.0. The Morgan fingerprint density at radius 3 is 2.96 bits per heavy atom. The normalized spacial score (nSPS) is 22.0. The van der Waals surface area contributed by atoms with Crippen molar-refractivity contribution in [3.63, 3.8) is 0 Å². The molecule has 24 heavy (non-hydrogen) atoms. The van der Waals surface area contributed by atoms with Crippen LogP contribution in [-0.2, 0) is 6.42 Å². The molecule has 0 radical (unpaired) electrons. The summed E-state index contributed by atoms with van der Waals surface area (Å²) in [6.45, 7) is 1.70. The maximum absolute atomic E-state index is 14.2. The Bertz CT molecular complexity index is 743. The number of hydrogen-bond donors (Lipinski definition) is 1. The van der Waals surface area contributed by atoms with Crippen LogP contribution < -0.4 is 10.5 Å². The molecule has 0 unspecified atom stereocenters. The molecule has 1 aromatic heterocycles. The number of hydrogen-bond acceptors (Lipinski definition) is 4. The van der Waals surface area contributed by atoms with E-state index in [0.29, 0.717) is 42.1 Å². The summed E-state index contributed by atoms with van der Waals surface area (Å²) in [7, 11) is 1.48. The fraction of sp³-hybridized carbons (Fsp3) is 0.471. The number of likely N-dealkylation sites (tertiary alicyclic amines) is 1. The summed E-state index contributed by atoms with van der Waals surface area (Å²) in [6, 6.07) is 2.65. The molecule has 0 aliphatic carbocycles. The Morgan fingerprint density at radius 2 is 2.25 bits per heavy atom. The van der Waals surface area contributed by atoms with Crippen molar-refractivity contribution in [3.8, 4) is 5.75 Å². The molecule has 130 valence electrons. The molecular formula is C17H20ClF2N3O. The van der Waals surface area contributed by atoms with Gasteiger partial charge in [-0.05, 0) is 31.0 Å². The van der Waals surface area contributed by atoms with Crippen molar-refractivity contribution in [2.45, 2.75) is 25.1 Å². The minimum Gasteiger partial charge on any atom is -0.497 e. The van der Waals surface area contributed by atoms with Crippen molar-refractivity contribution in [2.24, 2.45) is 5.73 Å². The summed E-state index contributed by atoms with van der Waals surface area (Å²) in [6.07, 6.45) is 1.65. The summed E-state index contributed by atoms with van der Waals surface area (Å²) in [5.41, 5.74) is 6.77. The molecule has 0 spiro atoms. The van der Waals surface area contributed by atoms with E-state index < -0.39 is 12.0 Å². The maximum atomic E-state index is 14.2. The number of nitrogens with two attached hydrogens (primary N) is 1. The van der Waals surface area contributed by atoms with E-state index in [1.165, 1.54) is 19.4 Å². The smallest absolute Gasteiger partial charge is 0.153 e. The van der Waals surface area contributed by atoms with Gasteiger partial charge >= 0.3 is 0 Å². The van der Waals surface area contributed by atoms with Gasteiger partial charge < -0.3 is 10.5 Å². The standard InChI is InChI=1S/C17H20ClF2N3O/c1-24-10-6-12-11(13(18)8-22-17(12)14(19)7-10)2-4-23-5-3-16(21)15(20)9-23/h6-8,15-16H,2-5,9,21H2,1H3/t15-,16+/m1/s1. The van der Waals surface area contributed by atoms with Gasteiger partial charge in [0.25, 0.3) is 0 Å². The van der Waals surface area contributed by atoms with Crippen LogP contribution in [0.3, 0.4) is 0 Å². The van der Waals surface area contributed by atoms with Gasteiger partial charge in [-0.1, -0.05) is 11.6 Å². The molecule has 2 heterocycles. The van der Waals surface area contributed by atoms with Crippen molar-refractivity contribution >= 4 is 22.5 Å². The molecule has 0 bridgehead atoms. The van der Waals surface area contributed by atoms with Crippen LogP contribution in [-0.4, -0.2) is 48.8 Å². The lowest BCUT2D eigenvalue weighted by Gasteiger charge is -2.32. The largest absolute Gasteiger partial charge is 0.497 e. The molecule has 0 saturated carbocycles. The Morgan fingerprint density at radius 1 is 1.46 bits per heavy atom. The second-order valence-electron chi connectivity index (χ2n) is 6.11. The van der Waals surface area contributed by atoms with E-state index in [2.05, 4.69) is 4.98 Å². The van der Waals surface area contributed by atoms with E-state index in [-0.39, 0.29) is 11.6 Å². The fourth-order valence-corrected chi connectivity index (χ4v) is 3.34. The van der Waals surface area contributed by atoms with Gasteiger partial charge in [0.15, 0.2) is 5.82 Å². The van der Waals surface area contributed by atoms with Crippen LogP contribution in [0.4, 0.5) is 8.78 Å². The molecule has 2 atom stereocenters. The van der Waals surface area contributed by atoms with Gasteiger partial charge in [0.05, 0.1) is 12.1 Å². The molecule has 4 nitrogen and oxygen atoms in total. The Balaban J connectivity index is 1.86. The number of piperidine rings is 1. The van der Waals surface area contributed by atoms with Gasteiger partial charge in [0.1, 0.15) is 17.4 Å². The minimum atomic E-state index is -1.01. The van der Waals surface area contributed by atoms with E-state index in [0.717, 1.165) is 12.1 Å². The predicted octanol–water partition coefficient (Wildman–Crippen LogP) is 2.95. The summed E-state index contributed by atoms with van der Waals surface area (Å²) in [4.78, 5) is 6.10. The summed E-state index contributed by atoms with van der Waals surface area (Å²) >= 11 is 6.28. The second-order valence-corrected chi connectivity index (χ2v) is 6.52. The van der Waals surface area contributed by atoms with Crippen LogP contribution in [0, 0.1) is 5.82 Å². The van der Waals surface area contributed by atoms with Crippen molar-refractivity contribution < 1.29 is 13.5 Å². The van der Waals surface area contributed by atoms with Crippen molar-refractivity contribution in [2.75, 3.05) is 26.7 Å². The first-order valence-electron chi connectivity index (χ1n) is 7.92. The first-order chi connectivity index (χ1) is 11.5. The molecule has 1 fully saturated rings. The van der Waals surface area contributed by atoms with Crippen LogP contribution in [0.2, 0.25) is 5.02 Å². The van der Waals surface area contributed by atoms with Crippen LogP contribution in [0.15, 0.2) is 18.3 Å². The highest BCUT2D eigenvalue weighted by Gasteiger charge is 2.26. The lowest BCUT2D eigenvalue weighted by molar-refractivity contribution is 0.121. The van der Waals surface area contributed by atoms with E-state index >= 15 is 0 Å². The molecule has 1 aliphatic rings. The number of benzene rings is 1. The zero-order valence-electron chi connectivity index (χ0n) is 13.4. The quantitative estimate of drug-likeness (QED) is 0.916. The monoisotopic (exact) mass is 355 g/mol. The zero-order chi connectivity index (χ0) is 17.3. The van der Waals surface area contributed by atoms with Crippen LogP contribution in [0.1, 0.15) is 12.0 Å². The summed E-state index contributed by atoms with van der Waals surface area (Å²) in [5.74, 6) is -0.0341. The second kappa shape index (κ2) is 7.17. The van der Waals surface area contributed by atoms with Gasteiger partial charge in [0.2, 0.25) is 0 Å². The van der Waals surface area contributed by atoms with Crippen molar-refractivity contribution in [1.29, 1.82) is 0 Å². The van der Waals surface area contributed by atoms with E-state index in [1.54, 1.807) is 6.07 Å². The van der Waals surface area contributed by atoms with Crippen LogP contribution >= 0.6 is 11.6 Å². The summed E-state index contributed by atoms with van der Waals surface area (Å²) < 4.78 is 33.1. The molecule has 1 aliphatic heterocycles. The highest BCUT2D eigenvalue weighted by atomic mass is 35.5. The third-order valence-electron chi connectivity index (χ3n) is 4.55. The number of alkyl halides is 1. The number of nitrogens with zero attached hydrogens (tertiary/aromatic N) is 2. The van der Waals surface area contributed by atoms with Crippen molar-refractivity contribution in [1.82, 2.24) is 9.88 Å². The third-order valence-corrected chi connectivity index (χ3v) is 4.87. The van der Waals surface area contributed by atoms with Gasteiger partial charge in [-0.15, -0.1) is 0 Å². The van der Waals surface area contributed by atoms with Crippen LogP contribution in [0.5, 0.6) is 5.75 Å². The number of ether oxygens (including phenoxy) is 1. The molecule has 7 heteroatoms. The molecule has 2 aromatic rings. The van der Waals surface area contributed by atoms with Gasteiger partial charge in [-0.3, -0.25) is 9.88 Å². The van der Waals surface area contributed by atoms with Gasteiger partial charge in [0, 0.05) is 36.8 Å².